The fraction of sp³-hybridized carbons (Fsp3) is 1.00. The highest BCUT2D eigenvalue weighted by molar-refractivity contribution is 5.75. The van der Waals surface area contributed by atoms with Crippen LogP contribution < -0.4 is 4.90 Å². The predicted molar refractivity (Wildman–Crippen MR) is 42.6 cm³/mol. The summed E-state index contributed by atoms with van der Waals surface area (Å²) >= 11 is 0. The number of hydrogen-bond donors (Lipinski definition) is 4. The average Bonchev–Trinajstić information content (AvgIpc) is 1.90. The van der Waals surface area contributed by atoms with Crippen LogP contribution in [0.15, 0.2) is 0 Å². The van der Waals surface area contributed by atoms with Crippen molar-refractivity contribution in [1.82, 2.24) is 0 Å². The van der Waals surface area contributed by atoms with E-state index >= 15 is 0 Å². The van der Waals surface area contributed by atoms with E-state index in [1.54, 1.807) is 0 Å². The van der Waals surface area contributed by atoms with Gasteiger partial charge in [0.05, 0.1) is 19.8 Å². The molecule has 4 radical (unpaired) electrons. The van der Waals surface area contributed by atoms with Gasteiger partial charge < -0.3 is 28.6 Å². The van der Waals surface area contributed by atoms with Gasteiger partial charge in [0.25, 0.3) is 0 Å². The molecular formula is C6H16BNO3. The summed E-state index contributed by atoms with van der Waals surface area (Å²) in [6.45, 7) is 2.11. The summed E-state index contributed by atoms with van der Waals surface area (Å²) in [5, 5.41) is 25.5. The molecule has 0 bridgehead atoms. The SMILES string of the molecule is OCC[NH+](CCO)CCO.[B-]. The lowest BCUT2D eigenvalue weighted by Gasteiger charge is -2.15. The minimum atomic E-state index is 0. The maximum absolute atomic E-state index is 8.51. The van der Waals surface area contributed by atoms with Gasteiger partial charge in [-0.25, -0.2) is 0 Å². The van der Waals surface area contributed by atoms with Crippen LogP contribution in [0.3, 0.4) is 0 Å². The molecule has 0 aliphatic heterocycles. The summed E-state index contributed by atoms with van der Waals surface area (Å²) in [6, 6.07) is 0. The fourth-order valence-electron chi connectivity index (χ4n) is 0.849. The quantitative estimate of drug-likeness (QED) is 0.305. The van der Waals surface area contributed by atoms with Crippen molar-refractivity contribution >= 4 is 8.41 Å². The van der Waals surface area contributed by atoms with Gasteiger partial charge in [-0.05, 0) is 0 Å². The van der Waals surface area contributed by atoms with Crippen molar-refractivity contribution in [2.24, 2.45) is 0 Å². The van der Waals surface area contributed by atoms with Crippen LogP contribution in [0.25, 0.3) is 0 Å². The van der Waals surface area contributed by atoms with Gasteiger partial charge in [0, 0.05) is 0 Å². The third-order valence-corrected chi connectivity index (χ3v) is 1.40. The Morgan fingerprint density at radius 1 is 0.727 bits per heavy atom. The van der Waals surface area contributed by atoms with Gasteiger partial charge in [-0.1, -0.05) is 0 Å². The summed E-state index contributed by atoms with van der Waals surface area (Å²) in [7, 11) is 0. The Hall–Kier alpha value is -0.0951. The van der Waals surface area contributed by atoms with Crippen molar-refractivity contribution in [3.05, 3.63) is 0 Å². The zero-order chi connectivity index (χ0) is 7.82. The van der Waals surface area contributed by atoms with E-state index in [0.29, 0.717) is 19.6 Å². The minimum absolute atomic E-state index is 0. The van der Waals surface area contributed by atoms with Crippen LogP contribution in [0.4, 0.5) is 0 Å². The Morgan fingerprint density at radius 2 is 1.00 bits per heavy atom. The Morgan fingerprint density at radius 3 is 1.18 bits per heavy atom. The Bertz CT molecular complexity index is 60.6. The third kappa shape index (κ3) is 7.81. The molecule has 5 heteroatoms. The number of quaternary nitrogens is 1. The zero-order valence-electron chi connectivity index (χ0n) is 6.66. The van der Waals surface area contributed by atoms with Crippen LogP contribution in [0, 0.1) is 0 Å². The molecule has 0 saturated carbocycles. The molecule has 0 aromatic carbocycles. The summed E-state index contributed by atoms with van der Waals surface area (Å²) < 4.78 is 0. The first kappa shape index (κ1) is 13.5. The second-order valence-electron chi connectivity index (χ2n) is 2.17. The molecule has 66 valence electrons. The fourth-order valence-corrected chi connectivity index (χ4v) is 0.849. The zero-order valence-corrected chi connectivity index (χ0v) is 6.66. The van der Waals surface area contributed by atoms with Crippen molar-refractivity contribution in [1.29, 1.82) is 0 Å². The van der Waals surface area contributed by atoms with E-state index in [-0.39, 0.29) is 28.2 Å². The van der Waals surface area contributed by atoms with Gasteiger partial charge in [0.15, 0.2) is 0 Å². The van der Waals surface area contributed by atoms with Crippen molar-refractivity contribution in [3.63, 3.8) is 0 Å². The van der Waals surface area contributed by atoms with Gasteiger partial charge in [0.1, 0.15) is 19.6 Å². The second kappa shape index (κ2) is 9.90. The molecule has 0 aliphatic rings. The van der Waals surface area contributed by atoms with E-state index in [1.807, 2.05) is 0 Å². The van der Waals surface area contributed by atoms with E-state index in [4.69, 9.17) is 15.3 Å². The Kier molecular flexibility index (Phi) is 12.1. The second-order valence-corrected chi connectivity index (χ2v) is 2.17. The van der Waals surface area contributed by atoms with Crippen molar-refractivity contribution in [2.45, 2.75) is 0 Å². The van der Waals surface area contributed by atoms with E-state index < -0.39 is 0 Å². The third-order valence-electron chi connectivity index (χ3n) is 1.40. The monoisotopic (exact) mass is 161 g/mol. The lowest BCUT2D eigenvalue weighted by molar-refractivity contribution is -0.901. The first-order valence-corrected chi connectivity index (χ1v) is 3.51. The highest BCUT2D eigenvalue weighted by Crippen LogP contribution is 1.52. The van der Waals surface area contributed by atoms with Gasteiger partial charge in [-0.2, -0.15) is 0 Å². The molecule has 0 heterocycles. The lowest BCUT2D eigenvalue weighted by atomic mass is 10.4. The van der Waals surface area contributed by atoms with E-state index in [2.05, 4.69) is 0 Å². The summed E-state index contributed by atoms with van der Waals surface area (Å²) in [5.74, 6) is 0. The van der Waals surface area contributed by atoms with Crippen molar-refractivity contribution in [2.75, 3.05) is 39.5 Å². The largest absolute Gasteiger partial charge is 1.00 e. The maximum Gasteiger partial charge on any atom is 0.101 e. The first-order chi connectivity index (χ1) is 4.85. The molecule has 0 amide bonds. The smallest absolute Gasteiger partial charge is 0.101 e. The van der Waals surface area contributed by atoms with Crippen LogP contribution in [0.5, 0.6) is 0 Å². The van der Waals surface area contributed by atoms with Crippen LogP contribution in [0.1, 0.15) is 0 Å². The van der Waals surface area contributed by atoms with E-state index in [0.717, 1.165) is 4.90 Å². The number of aliphatic hydroxyl groups is 3. The van der Waals surface area contributed by atoms with Gasteiger partial charge in [-0.3, -0.25) is 0 Å². The molecule has 0 aromatic heterocycles. The highest BCUT2D eigenvalue weighted by Gasteiger charge is 2.03. The normalized spacial score (nSPS) is 9.82. The molecule has 4 nitrogen and oxygen atoms in total. The van der Waals surface area contributed by atoms with Crippen LogP contribution >= 0.6 is 0 Å². The molecular weight excluding hydrogens is 145 g/mol. The van der Waals surface area contributed by atoms with Crippen LogP contribution in [-0.4, -0.2) is 63.2 Å². The summed E-state index contributed by atoms with van der Waals surface area (Å²) in [5.41, 5.74) is 0. The minimum Gasteiger partial charge on any atom is -1.00 e. The number of nitrogens with one attached hydrogen (secondary N) is 1. The summed E-state index contributed by atoms with van der Waals surface area (Å²) in [4.78, 5) is 1.03. The maximum atomic E-state index is 8.51. The van der Waals surface area contributed by atoms with Crippen molar-refractivity contribution < 1.29 is 20.2 Å². The molecule has 11 heavy (non-hydrogen) atoms. The Balaban J connectivity index is 0. The first-order valence-electron chi connectivity index (χ1n) is 3.51. The standard InChI is InChI=1S/C6H15NO3.B/c8-4-1-7(2-5-9)3-6-10;/h8-10H,1-6H2;/q;-1/p+1. The molecule has 0 aromatic rings. The van der Waals surface area contributed by atoms with Crippen molar-refractivity contribution in [3.8, 4) is 0 Å². The molecule has 0 saturated heterocycles. The number of hydrogen-bond acceptors (Lipinski definition) is 3. The number of aliphatic hydroxyl groups excluding tert-OH is 3. The van der Waals surface area contributed by atoms with E-state index in [1.165, 1.54) is 0 Å². The highest BCUT2D eigenvalue weighted by atomic mass is 16.3. The molecule has 0 fully saturated rings. The van der Waals surface area contributed by atoms with Gasteiger partial charge in [0.2, 0.25) is 0 Å². The summed E-state index contributed by atoms with van der Waals surface area (Å²) in [6.07, 6.45) is 0. The molecule has 0 spiro atoms. The average molecular weight is 161 g/mol. The molecule has 0 unspecified atom stereocenters. The van der Waals surface area contributed by atoms with Crippen LogP contribution in [0.2, 0.25) is 0 Å². The van der Waals surface area contributed by atoms with E-state index in [9.17, 15) is 0 Å². The predicted octanol–water partition coefficient (Wildman–Crippen LogP) is -3.53. The molecule has 0 atom stereocenters. The Labute approximate surface area is 69.0 Å². The molecule has 4 N–H and O–H groups in total. The molecule has 0 rings (SSSR count). The number of rotatable bonds is 6. The van der Waals surface area contributed by atoms with Gasteiger partial charge in [-0.15, -0.1) is 0 Å². The molecule has 0 aliphatic carbocycles. The topological polar surface area (TPSA) is 65.1 Å². The lowest BCUT2D eigenvalue weighted by Crippen LogP contribution is -3.13. The van der Waals surface area contributed by atoms with Gasteiger partial charge >= 0.3 is 0 Å². The van der Waals surface area contributed by atoms with Crippen LogP contribution in [-0.2, 0) is 0 Å².